The zero-order valence-corrected chi connectivity index (χ0v) is 19.0. The predicted octanol–water partition coefficient (Wildman–Crippen LogP) is 6.56. The van der Waals surface area contributed by atoms with Gasteiger partial charge < -0.3 is 15.3 Å². The van der Waals surface area contributed by atoms with Gasteiger partial charge in [0.15, 0.2) is 5.60 Å². The Bertz CT molecular complexity index is 423. The molecular weight excluding hydrogens is 368 g/mol. The highest BCUT2D eigenvalue weighted by molar-refractivity contribution is 5.85. The maximum absolute atomic E-state index is 11.7. The normalized spacial score (nSPS) is 14.4. The highest BCUT2D eigenvalue weighted by Crippen LogP contribution is 2.30. The van der Waals surface area contributed by atoms with Gasteiger partial charge in [-0.2, -0.15) is 0 Å². The van der Waals surface area contributed by atoms with E-state index in [0.29, 0.717) is 12.8 Å². The summed E-state index contributed by atoms with van der Waals surface area (Å²) in [5.74, 6) is -3.82. The van der Waals surface area contributed by atoms with Crippen molar-refractivity contribution in [3.63, 3.8) is 0 Å². The third kappa shape index (κ3) is 12.9. The quantitative estimate of drug-likeness (QED) is 0.185. The number of carbonyl (C=O) groups is 2. The molecule has 0 aliphatic heterocycles. The van der Waals surface area contributed by atoms with E-state index in [2.05, 4.69) is 13.8 Å². The first kappa shape index (κ1) is 27.9. The van der Waals surface area contributed by atoms with E-state index in [1.807, 2.05) is 0 Å². The van der Waals surface area contributed by atoms with Crippen molar-refractivity contribution in [3.8, 4) is 0 Å². The summed E-state index contributed by atoms with van der Waals surface area (Å²) in [6, 6.07) is 0. The smallest absolute Gasteiger partial charge is 0.336 e. The van der Waals surface area contributed by atoms with Gasteiger partial charge in [-0.1, -0.05) is 110 Å². The van der Waals surface area contributed by atoms with E-state index in [-0.39, 0.29) is 12.8 Å². The number of rotatable bonds is 21. The zero-order valence-electron chi connectivity index (χ0n) is 19.0. The summed E-state index contributed by atoms with van der Waals surface area (Å²) in [7, 11) is 0. The Balaban J connectivity index is 4.32. The third-order valence-corrected chi connectivity index (χ3v) is 6.00. The van der Waals surface area contributed by atoms with E-state index in [9.17, 15) is 24.9 Å². The minimum atomic E-state index is -2.16. The van der Waals surface area contributed by atoms with Gasteiger partial charge in [0.25, 0.3) is 0 Å². The van der Waals surface area contributed by atoms with E-state index in [1.165, 1.54) is 51.4 Å². The SMILES string of the molecule is CCCCCCCCCCC(C(=O)O)C(O)(CCCCCCCCCC)C(=O)O. The molecule has 0 spiro atoms. The molecule has 0 saturated carbocycles. The summed E-state index contributed by atoms with van der Waals surface area (Å²) >= 11 is 0. The van der Waals surface area contributed by atoms with E-state index >= 15 is 0 Å². The Morgan fingerprint density at radius 2 is 1.03 bits per heavy atom. The maximum Gasteiger partial charge on any atom is 0.336 e. The van der Waals surface area contributed by atoms with Gasteiger partial charge >= 0.3 is 11.9 Å². The second-order valence-electron chi connectivity index (χ2n) is 8.61. The molecule has 0 aliphatic rings. The van der Waals surface area contributed by atoms with E-state index in [4.69, 9.17) is 0 Å². The Morgan fingerprint density at radius 3 is 1.41 bits per heavy atom. The van der Waals surface area contributed by atoms with E-state index < -0.39 is 23.5 Å². The predicted molar refractivity (Wildman–Crippen MR) is 118 cm³/mol. The fourth-order valence-electron chi connectivity index (χ4n) is 4.01. The van der Waals surface area contributed by atoms with Gasteiger partial charge in [-0.25, -0.2) is 4.79 Å². The highest BCUT2D eigenvalue weighted by atomic mass is 16.4. The molecule has 172 valence electrons. The first-order valence-electron chi connectivity index (χ1n) is 12.1. The Kier molecular flexibility index (Phi) is 17.1. The second-order valence-corrected chi connectivity index (χ2v) is 8.61. The summed E-state index contributed by atoms with van der Waals surface area (Å²) in [6.07, 6.45) is 17.3. The van der Waals surface area contributed by atoms with Crippen LogP contribution in [0.25, 0.3) is 0 Å². The minimum Gasteiger partial charge on any atom is -0.481 e. The molecule has 5 heteroatoms. The van der Waals surface area contributed by atoms with Crippen LogP contribution in [-0.2, 0) is 9.59 Å². The molecule has 0 radical (unpaired) electrons. The molecule has 5 nitrogen and oxygen atoms in total. The molecule has 2 unspecified atom stereocenters. The average molecular weight is 415 g/mol. The number of aliphatic hydroxyl groups is 1. The molecule has 0 aliphatic carbocycles. The second kappa shape index (κ2) is 17.7. The largest absolute Gasteiger partial charge is 0.481 e. The van der Waals surface area contributed by atoms with Crippen LogP contribution in [0.4, 0.5) is 0 Å². The minimum absolute atomic E-state index is 0.0191. The summed E-state index contributed by atoms with van der Waals surface area (Å²) in [4.78, 5) is 23.4. The molecule has 0 amide bonds. The highest BCUT2D eigenvalue weighted by Gasteiger charge is 2.47. The van der Waals surface area contributed by atoms with Crippen molar-refractivity contribution in [2.75, 3.05) is 0 Å². The lowest BCUT2D eigenvalue weighted by atomic mass is 9.79. The lowest BCUT2D eigenvalue weighted by Crippen LogP contribution is -2.49. The average Bonchev–Trinajstić information content (AvgIpc) is 2.68. The van der Waals surface area contributed by atoms with E-state index in [1.54, 1.807) is 0 Å². The van der Waals surface area contributed by atoms with Crippen LogP contribution in [0.3, 0.4) is 0 Å². The van der Waals surface area contributed by atoms with Gasteiger partial charge in [0, 0.05) is 0 Å². The number of hydrogen-bond acceptors (Lipinski definition) is 3. The number of carboxylic acid groups (broad SMARTS) is 2. The molecular formula is C24H46O5. The molecule has 0 heterocycles. The molecule has 2 atom stereocenters. The van der Waals surface area contributed by atoms with Crippen LogP contribution < -0.4 is 0 Å². The Hall–Kier alpha value is -1.10. The van der Waals surface area contributed by atoms with Crippen LogP contribution in [0.5, 0.6) is 0 Å². The number of hydrogen-bond donors (Lipinski definition) is 3. The van der Waals surface area contributed by atoms with E-state index in [0.717, 1.165) is 38.5 Å². The topological polar surface area (TPSA) is 94.8 Å². The van der Waals surface area contributed by atoms with Crippen molar-refractivity contribution in [3.05, 3.63) is 0 Å². The number of unbranched alkanes of at least 4 members (excludes halogenated alkanes) is 14. The first-order valence-corrected chi connectivity index (χ1v) is 12.1. The molecule has 0 fully saturated rings. The molecule has 0 aromatic heterocycles. The standard InChI is InChI=1S/C24H46O5/c1-3-5-7-9-11-13-15-17-19-21(22(25)26)24(29,23(27)28)20-18-16-14-12-10-8-6-4-2/h21,29H,3-20H2,1-2H3,(H,25,26)(H,27,28). The van der Waals surface area contributed by atoms with Gasteiger partial charge in [-0.05, 0) is 19.3 Å². The van der Waals surface area contributed by atoms with Crippen LogP contribution in [-0.4, -0.2) is 32.9 Å². The lowest BCUT2D eigenvalue weighted by molar-refractivity contribution is -0.176. The Labute approximate surface area is 178 Å². The number of carboxylic acids is 2. The fourth-order valence-corrected chi connectivity index (χ4v) is 4.01. The van der Waals surface area contributed by atoms with Crippen LogP contribution in [0.2, 0.25) is 0 Å². The molecule has 0 aromatic carbocycles. The van der Waals surface area contributed by atoms with Crippen LogP contribution in [0, 0.1) is 5.92 Å². The van der Waals surface area contributed by atoms with Crippen molar-refractivity contribution in [1.82, 2.24) is 0 Å². The van der Waals surface area contributed by atoms with Gasteiger partial charge in [0.1, 0.15) is 0 Å². The molecule has 0 aromatic rings. The summed E-state index contributed by atoms with van der Waals surface area (Å²) in [5.41, 5.74) is -2.16. The molecule has 0 saturated heterocycles. The molecule has 29 heavy (non-hydrogen) atoms. The van der Waals surface area contributed by atoms with Crippen LogP contribution >= 0.6 is 0 Å². The van der Waals surface area contributed by atoms with Gasteiger partial charge in [-0.3, -0.25) is 4.79 Å². The zero-order chi connectivity index (χ0) is 22.0. The fraction of sp³-hybridized carbons (Fsp3) is 0.917. The third-order valence-electron chi connectivity index (χ3n) is 6.00. The lowest BCUT2D eigenvalue weighted by Gasteiger charge is -2.30. The first-order chi connectivity index (χ1) is 13.9. The monoisotopic (exact) mass is 414 g/mol. The molecule has 0 rings (SSSR count). The molecule has 3 N–H and O–H groups in total. The van der Waals surface area contributed by atoms with Crippen molar-refractivity contribution in [1.29, 1.82) is 0 Å². The van der Waals surface area contributed by atoms with Crippen LogP contribution in [0.15, 0.2) is 0 Å². The summed E-state index contributed by atoms with van der Waals surface area (Å²) in [6.45, 7) is 4.36. The Morgan fingerprint density at radius 1 is 0.655 bits per heavy atom. The van der Waals surface area contributed by atoms with Crippen molar-refractivity contribution in [2.45, 2.75) is 135 Å². The molecule has 0 bridgehead atoms. The van der Waals surface area contributed by atoms with Gasteiger partial charge in [0.05, 0.1) is 5.92 Å². The van der Waals surface area contributed by atoms with Gasteiger partial charge in [-0.15, -0.1) is 0 Å². The van der Waals surface area contributed by atoms with Gasteiger partial charge in [0.2, 0.25) is 0 Å². The van der Waals surface area contributed by atoms with Crippen molar-refractivity contribution in [2.24, 2.45) is 5.92 Å². The van der Waals surface area contributed by atoms with Crippen molar-refractivity contribution < 1.29 is 24.9 Å². The number of aliphatic carboxylic acids is 2. The summed E-state index contributed by atoms with van der Waals surface area (Å²) < 4.78 is 0. The van der Waals surface area contributed by atoms with Crippen LogP contribution in [0.1, 0.15) is 129 Å². The van der Waals surface area contributed by atoms with Crippen molar-refractivity contribution >= 4 is 11.9 Å². The maximum atomic E-state index is 11.7. The summed E-state index contributed by atoms with van der Waals surface area (Å²) in [5, 5.41) is 29.8.